The van der Waals surface area contributed by atoms with Crippen LogP contribution in [0.5, 0.6) is 0 Å². The van der Waals surface area contributed by atoms with Gasteiger partial charge in [0, 0.05) is 17.7 Å². The summed E-state index contributed by atoms with van der Waals surface area (Å²) in [7, 11) is 0. The summed E-state index contributed by atoms with van der Waals surface area (Å²) in [5, 5.41) is 2.87. The van der Waals surface area contributed by atoms with Crippen molar-refractivity contribution in [2.45, 2.75) is 46.1 Å². The summed E-state index contributed by atoms with van der Waals surface area (Å²) >= 11 is 0. The Kier molecular flexibility index (Phi) is 5.78. The first-order chi connectivity index (χ1) is 8.49. The fourth-order valence-corrected chi connectivity index (χ4v) is 1.68. The number of aryl methyl sites for hydroxylation is 1. The highest BCUT2D eigenvalue weighted by Crippen LogP contribution is 2.13. The van der Waals surface area contributed by atoms with E-state index in [1.54, 1.807) is 6.20 Å². The van der Waals surface area contributed by atoms with Gasteiger partial charge >= 0.3 is 0 Å². The molecule has 0 fully saturated rings. The minimum atomic E-state index is 0.00468. The number of carbonyl (C=O) groups excluding carboxylic acids is 1. The highest BCUT2D eigenvalue weighted by atomic mass is 16.1. The fraction of sp³-hybridized carbons (Fsp3) is 0.571. The van der Waals surface area contributed by atoms with E-state index in [0.29, 0.717) is 0 Å². The smallest absolute Gasteiger partial charge is 0.227 e. The van der Waals surface area contributed by atoms with E-state index < -0.39 is 0 Å². The molecule has 1 aromatic heterocycles. The van der Waals surface area contributed by atoms with Gasteiger partial charge in [0.05, 0.1) is 11.9 Å². The highest BCUT2D eigenvalue weighted by Gasteiger charge is 2.13. The Morgan fingerprint density at radius 3 is 2.67 bits per heavy atom. The normalized spacial score (nSPS) is 14.0. The van der Waals surface area contributed by atoms with Crippen LogP contribution >= 0.6 is 0 Å². The molecule has 0 aromatic carbocycles. The number of hydrogen-bond donors (Lipinski definition) is 2. The zero-order valence-corrected chi connectivity index (χ0v) is 11.4. The van der Waals surface area contributed by atoms with Gasteiger partial charge in [0.1, 0.15) is 0 Å². The first-order valence-electron chi connectivity index (χ1n) is 6.48. The highest BCUT2D eigenvalue weighted by molar-refractivity contribution is 5.92. The van der Waals surface area contributed by atoms with Gasteiger partial charge in [-0.05, 0) is 38.8 Å². The van der Waals surface area contributed by atoms with Crippen molar-refractivity contribution >= 4 is 11.6 Å². The summed E-state index contributed by atoms with van der Waals surface area (Å²) < 4.78 is 0. The summed E-state index contributed by atoms with van der Waals surface area (Å²) in [5.41, 5.74) is 7.38. The number of rotatable bonds is 6. The van der Waals surface area contributed by atoms with Crippen LogP contribution in [0.15, 0.2) is 18.3 Å². The Balaban J connectivity index is 2.37. The van der Waals surface area contributed by atoms with Crippen molar-refractivity contribution in [1.82, 2.24) is 4.98 Å². The van der Waals surface area contributed by atoms with Gasteiger partial charge in [0.25, 0.3) is 0 Å². The zero-order valence-electron chi connectivity index (χ0n) is 11.4. The summed E-state index contributed by atoms with van der Waals surface area (Å²) in [6.07, 6.45) is 4.50. The topological polar surface area (TPSA) is 68.0 Å². The van der Waals surface area contributed by atoms with E-state index in [9.17, 15) is 4.79 Å². The Bertz CT molecular complexity index is 373. The lowest BCUT2D eigenvalue weighted by atomic mass is 10.0. The second-order valence-electron chi connectivity index (χ2n) is 4.99. The van der Waals surface area contributed by atoms with E-state index in [4.69, 9.17) is 5.73 Å². The van der Waals surface area contributed by atoms with E-state index in [1.807, 2.05) is 32.9 Å². The molecule has 2 unspecified atom stereocenters. The third kappa shape index (κ3) is 5.27. The molecule has 18 heavy (non-hydrogen) atoms. The minimum Gasteiger partial charge on any atom is -0.328 e. The first-order valence-corrected chi connectivity index (χ1v) is 6.48. The maximum absolute atomic E-state index is 11.9. The molecular formula is C14H23N3O. The molecule has 1 heterocycles. The third-order valence-electron chi connectivity index (χ3n) is 2.92. The molecule has 0 spiro atoms. The van der Waals surface area contributed by atoms with Crippen molar-refractivity contribution in [2.75, 3.05) is 5.32 Å². The van der Waals surface area contributed by atoms with Crippen LogP contribution in [0.2, 0.25) is 0 Å². The van der Waals surface area contributed by atoms with Crippen molar-refractivity contribution in [3.8, 4) is 0 Å². The Hall–Kier alpha value is -1.42. The molecule has 0 aliphatic rings. The maximum atomic E-state index is 11.9. The largest absolute Gasteiger partial charge is 0.328 e. The number of nitrogens with zero attached hydrogens (tertiary/aromatic N) is 1. The molecule has 0 aliphatic carbocycles. The van der Waals surface area contributed by atoms with Gasteiger partial charge in [0.15, 0.2) is 0 Å². The number of aromatic nitrogens is 1. The molecule has 0 saturated heterocycles. The van der Waals surface area contributed by atoms with Crippen molar-refractivity contribution in [3.05, 3.63) is 24.0 Å². The van der Waals surface area contributed by atoms with Crippen molar-refractivity contribution < 1.29 is 4.79 Å². The fourth-order valence-electron chi connectivity index (χ4n) is 1.68. The number of carbonyl (C=O) groups is 1. The molecule has 0 aliphatic heterocycles. The van der Waals surface area contributed by atoms with E-state index in [1.165, 1.54) is 0 Å². The number of amides is 1. The molecule has 100 valence electrons. The lowest BCUT2D eigenvalue weighted by Crippen LogP contribution is -2.21. The van der Waals surface area contributed by atoms with Crippen molar-refractivity contribution in [2.24, 2.45) is 11.7 Å². The van der Waals surface area contributed by atoms with Gasteiger partial charge in [-0.2, -0.15) is 0 Å². The lowest BCUT2D eigenvalue weighted by molar-refractivity contribution is -0.119. The van der Waals surface area contributed by atoms with Crippen LogP contribution in [-0.4, -0.2) is 16.9 Å². The minimum absolute atomic E-state index is 0.00468. The van der Waals surface area contributed by atoms with Gasteiger partial charge in [-0.25, -0.2) is 0 Å². The first kappa shape index (κ1) is 14.6. The summed E-state index contributed by atoms with van der Waals surface area (Å²) in [6.45, 7) is 5.85. The molecule has 4 heteroatoms. The second-order valence-corrected chi connectivity index (χ2v) is 4.99. The van der Waals surface area contributed by atoms with Gasteiger partial charge in [-0.1, -0.05) is 13.3 Å². The predicted molar refractivity (Wildman–Crippen MR) is 74.3 cm³/mol. The zero-order chi connectivity index (χ0) is 13.5. The van der Waals surface area contributed by atoms with Crippen molar-refractivity contribution in [1.29, 1.82) is 0 Å². The lowest BCUT2D eigenvalue weighted by Gasteiger charge is -2.12. The maximum Gasteiger partial charge on any atom is 0.227 e. The molecule has 1 aromatic rings. The van der Waals surface area contributed by atoms with E-state index >= 15 is 0 Å². The van der Waals surface area contributed by atoms with Gasteiger partial charge < -0.3 is 11.1 Å². The van der Waals surface area contributed by atoms with Gasteiger partial charge in [0.2, 0.25) is 5.91 Å². The van der Waals surface area contributed by atoms with Crippen LogP contribution in [0.3, 0.4) is 0 Å². The Morgan fingerprint density at radius 1 is 1.39 bits per heavy atom. The average molecular weight is 249 g/mol. The van der Waals surface area contributed by atoms with E-state index in [-0.39, 0.29) is 17.9 Å². The monoisotopic (exact) mass is 249 g/mol. The van der Waals surface area contributed by atoms with E-state index in [2.05, 4.69) is 10.3 Å². The van der Waals surface area contributed by atoms with Crippen LogP contribution in [0, 0.1) is 12.8 Å². The molecule has 4 nitrogen and oxygen atoms in total. The molecule has 0 radical (unpaired) electrons. The molecular weight excluding hydrogens is 226 g/mol. The number of nitrogens with one attached hydrogen (secondary N) is 1. The quantitative estimate of drug-likeness (QED) is 0.814. The van der Waals surface area contributed by atoms with Crippen LogP contribution in [-0.2, 0) is 4.79 Å². The summed E-state index contributed by atoms with van der Waals surface area (Å²) in [5.74, 6) is 0.0513. The van der Waals surface area contributed by atoms with Crippen molar-refractivity contribution in [3.63, 3.8) is 0 Å². The van der Waals surface area contributed by atoms with Crippen LogP contribution in [0.4, 0.5) is 5.69 Å². The molecule has 2 atom stereocenters. The van der Waals surface area contributed by atoms with Crippen LogP contribution in [0.1, 0.15) is 38.8 Å². The standard InChI is InChI=1S/C14H23N3O/c1-10(5-4-6-11(2)15)14(18)17-13-8-7-12(3)16-9-13/h7-11H,4-6,15H2,1-3H3,(H,17,18). The number of anilines is 1. The molecule has 1 rings (SSSR count). The predicted octanol–water partition coefficient (Wildman–Crippen LogP) is 2.48. The Labute approximate surface area is 109 Å². The summed E-state index contributed by atoms with van der Waals surface area (Å²) in [4.78, 5) is 16.0. The molecule has 3 N–H and O–H groups in total. The molecule has 0 saturated carbocycles. The number of pyridine rings is 1. The SMILES string of the molecule is Cc1ccc(NC(=O)C(C)CCCC(C)N)cn1. The molecule has 0 bridgehead atoms. The van der Waals surface area contributed by atoms with Crippen LogP contribution in [0.25, 0.3) is 0 Å². The molecule has 1 amide bonds. The number of hydrogen-bond acceptors (Lipinski definition) is 3. The van der Waals surface area contributed by atoms with Crippen LogP contribution < -0.4 is 11.1 Å². The Morgan fingerprint density at radius 2 is 2.11 bits per heavy atom. The third-order valence-corrected chi connectivity index (χ3v) is 2.92. The van der Waals surface area contributed by atoms with E-state index in [0.717, 1.165) is 30.6 Å². The summed E-state index contributed by atoms with van der Waals surface area (Å²) in [6, 6.07) is 3.97. The average Bonchev–Trinajstić information content (AvgIpc) is 2.31. The number of nitrogens with two attached hydrogens (primary N) is 1. The van der Waals surface area contributed by atoms with Gasteiger partial charge in [-0.15, -0.1) is 0 Å². The van der Waals surface area contributed by atoms with Gasteiger partial charge in [-0.3, -0.25) is 9.78 Å². The second kappa shape index (κ2) is 7.11.